The summed E-state index contributed by atoms with van der Waals surface area (Å²) in [5.74, 6) is 0.802. The Bertz CT molecular complexity index is 469. The lowest BCUT2D eigenvalue weighted by molar-refractivity contribution is 0.185. The van der Waals surface area contributed by atoms with Crippen LogP contribution in [0.1, 0.15) is 17.4 Å². The number of ether oxygens (including phenoxy) is 1. The molecule has 5 nitrogen and oxygen atoms in total. The van der Waals surface area contributed by atoms with Gasteiger partial charge in [-0.25, -0.2) is 0 Å². The first kappa shape index (κ1) is 12.7. The third-order valence-corrected chi connectivity index (χ3v) is 2.81. The van der Waals surface area contributed by atoms with Crippen molar-refractivity contribution in [3.8, 4) is 0 Å². The molecule has 18 heavy (non-hydrogen) atoms. The van der Waals surface area contributed by atoms with E-state index < -0.39 is 0 Å². The highest BCUT2D eigenvalue weighted by Crippen LogP contribution is 2.13. The molecule has 0 unspecified atom stereocenters. The van der Waals surface area contributed by atoms with E-state index in [9.17, 15) is 0 Å². The third kappa shape index (κ3) is 3.15. The van der Waals surface area contributed by atoms with Gasteiger partial charge in [0.25, 0.3) is 0 Å². The Balaban J connectivity index is 2.04. The molecule has 0 aliphatic rings. The smallest absolute Gasteiger partial charge is 0.150 e. The SMILES string of the molecule is COCCn1cnnc1[C@@H](N)Cc1ccccc1. The molecule has 1 atom stereocenters. The molecule has 96 valence electrons. The minimum absolute atomic E-state index is 0.147. The average molecular weight is 246 g/mol. The monoisotopic (exact) mass is 246 g/mol. The van der Waals surface area contributed by atoms with Crippen LogP contribution in [0.25, 0.3) is 0 Å². The van der Waals surface area contributed by atoms with Gasteiger partial charge in [0, 0.05) is 13.7 Å². The molecular formula is C13H18N4O. The zero-order valence-electron chi connectivity index (χ0n) is 10.5. The predicted molar refractivity (Wildman–Crippen MR) is 69.0 cm³/mol. The number of nitrogens with two attached hydrogens (primary N) is 1. The van der Waals surface area contributed by atoms with Gasteiger partial charge in [-0.05, 0) is 12.0 Å². The summed E-state index contributed by atoms with van der Waals surface area (Å²) in [6.07, 6.45) is 2.45. The lowest BCUT2D eigenvalue weighted by Crippen LogP contribution is -2.20. The van der Waals surface area contributed by atoms with E-state index in [4.69, 9.17) is 10.5 Å². The zero-order chi connectivity index (χ0) is 12.8. The highest BCUT2D eigenvalue weighted by atomic mass is 16.5. The average Bonchev–Trinajstić information content (AvgIpc) is 2.86. The van der Waals surface area contributed by atoms with E-state index in [2.05, 4.69) is 22.3 Å². The molecule has 0 saturated heterocycles. The number of methoxy groups -OCH3 is 1. The second kappa shape index (κ2) is 6.28. The molecule has 2 N–H and O–H groups in total. The molecule has 1 heterocycles. The van der Waals surface area contributed by atoms with Crippen LogP contribution in [-0.2, 0) is 17.7 Å². The van der Waals surface area contributed by atoms with Gasteiger partial charge in [-0.15, -0.1) is 10.2 Å². The summed E-state index contributed by atoms with van der Waals surface area (Å²) < 4.78 is 6.99. The summed E-state index contributed by atoms with van der Waals surface area (Å²) in [5, 5.41) is 8.01. The number of benzene rings is 1. The molecule has 0 bridgehead atoms. The minimum atomic E-state index is -0.147. The molecule has 0 aliphatic carbocycles. The van der Waals surface area contributed by atoms with Crippen LogP contribution >= 0.6 is 0 Å². The maximum Gasteiger partial charge on any atom is 0.150 e. The molecule has 5 heteroatoms. The second-order valence-corrected chi connectivity index (χ2v) is 4.17. The van der Waals surface area contributed by atoms with E-state index >= 15 is 0 Å². The maximum atomic E-state index is 6.18. The Kier molecular flexibility index (Phi) is 4.44. The highest BCUT2D eigenvalue weighted by Gasteiger charge is 2.13. The Morgan fingerprint density at radius 3 is 2.83 bits per heavy atom. The summed E-state index contributed by atoms with van der Waals surface area (Å²) in [6, 6.07) is 10.0. The van der Waals surface area contributed by atoms with Crippen LogP contribution in [0.2, 0.25) is 0 Å². The first-order chi connectivity index (χ1) is 8.81. The summed E-state index contributed by atoms with van der Waals surface area (Å²) in [6.45, 7) is 1.35. The van der Waals surface area contributed by atoms with Crippen molar-refractivity contribution in [2.75, 3.05) is 13.7 Å². The van der Waals surface area contributed by atoms with E-state index in [1.165, 1.54) is 5.56 Å². The highest BCUT2D eigenvalue weighted by molar-refractivity contribution is 5.17. The van der Waals surface area contributed by atoms with E-state index in [1.54, 1.807) is 13.4 Å². The van der Waals surface area contributed by atoms with Gasteiger partial charge >= 0.3 is 0 Å². The summed E-state index contributed by atoms with van der Waals surface area (Å²) >= 11 is 0. The van der Waals surface area contributed by atoms with Crippen molar-refractivity contribution in [2.45, 2.75) is 19.0 Å². The lowest BCUT2D eigenvalue weighted by Gasteiger charge is -2.12. The van der Waals surface area contributed by atoms with E-state index in [0.717, 1.165) is 18.8 Å². The molecule has 2 aromatic rings. The van der Waals surface area contributed by atoms with Gasteiger partial charge in [-0.3, -0.25) is 0 Å². The summed E-state index contributed by atoms with van der Waals surface area (Å²) in [5.41, 5.74) is 7.38. The standard InChI is InChI=1S/C13H18N4O/c1-18-8-7-17-10-15-16-13(17)12(14)9-11-5-3-2-4-6-11/h2-6,10,12H,7-9,14H2,1H3/t12-/m0/s1. The van der Waals surface area contributed by atoms with Gasteiger partial charge in [0.05, 0.1) is 12.6 Å². The van der Waals surface area contributed by atoms with E-state index in [1.807, 2.05) is 22.8 Å². The zero-order valence-corrected chi connectivity index (χ0v) is 10.5. The molecule has 1 aromatic heterocycles. The van der Waals surface area contributed by atoms with Crippen LogP contribution in [0.4, 0.5) is 0 Å². The fourth-order valence-electron chi connectivity index (χ4n) is 1.87. The number of nitrogens with zero attached hydrogens (tertiary/aromatic N) is 3. The Labute approximate surface area is 107 Å². The molecule has 0 aliphatic heterocycles. The first-order valence-electron chi connectivity index (χ1n) is 5.97. The summed E-state index contributed by atoms with van der Waals surface area (Å²) in [4.78, 5) is 0. The van der Waals surface area contributed by atoms with Crippen LogP contribution in [0, 0.1) is 0 Å². The molecule has 2 rings (SSSR count). The van der Waals surface area contributed by atoms with Crippen LogP contribution in [0.15, 0.2) is 36.7 Å². The van der Waals surface area contributed by atoms with Gasteiger partial charge in [0.2, 0.25) is 0 Å². The predicted octanol–water partition coefficient (Wildman–Crippen LogP) is 1.17. The molecule has 0 spiro atoms. The van der Waals surface area contributed by atoms with E-state index in [0.29, 0.717) is 6.61 Å². The topological polar surface area (TPSA) is 66.0 Å². The van der Waals surface area contributed by atoms with Crippen LogP contribution in [0.5, 0.6) is 0 Å². The van der Waals surface area contributed by atoms with Crippen molar-refractivity contribution in [3.63, 3.8) is 0 Å². The Hall–Kier alpha value is -1.72. The van der Waals surface area contributed by atoms with E-state index in [-0.39, 0.29) is 6.04 Å². The molecule has 0 fully saturated rings. The maximum absolute atomic E-state index is 6.18. The third-order valence-electron chi connectivity index (χ3n) is 2.81. The van der Waals surface area contributed by atoms with Gasteiger partial charge in [0.1, 0.15) is 12.2 Å². The van der Waals surface area contributed by atoms with Crippen LogP contribution in [0.3, 0.4) is 0 Å². The van der Waals surface area contributed by atoms with Crippen molar-refractivity contribution in [1.82, 2.24) is 14.8 Å². The van der Waals surface area contributed by atoms with Gasteiger partial charge in [0.15, 0.2) is 0 Å². The first-order valence-corrected chi connectivity index (χ1v) is 5.97. The van der Waals surface area contributed by atoms with Crippen LogP contribution in [-0.4, -0.2) is 28.5 Å². The fourth-order valence-corrected chi connectivity index (χ4v) is 1.87. The number of hydrogen-bond acceptors (Lipinski definition) is 4. The quantitative estimate of drug-likeness (QED) is 0.830. The Morgan fingerprint density at radius 2 is 2.11 bits per heavy atom. The van der Waals surface area contributed by atoms with Gasteiger partial charge in [-0.2, -0.15) is 0 Å². The Morgan fingerprint density at radius 1 is 1.33 bits per heavy atom. The fraction of sp³-hybridized carbons (Fsp3) is 0.385. The van der Waals surface area contributed by atoms with Gasteiger partial charge in [-0.1, -0.05) is 30.3 Å². The molecule has 0 amide bonds. The van der Waals surface area contributed by atoms with Crippen molar-refractivity contribution in [3.05, 3.63) is 48.0 Å². The number of aromatic nitrogens is 3. The second-order valence-electron chi connectivity index (χ2n) is 4.17. The molecule has 0 saturated carbocycles. The molecular weight excluding hydrogens is 228 g/mol. The molecule has 0 radical (unpaired) electrons. The number of rotatable bonds is 6. The van der Waals surface area contributed by atoms with Crippen molar-refractivity contribution in [2.24, 2.45) is 5.73 Å². The largest absolute Gasteiger partial charge is 0.383 e. The molecule has 1 aromatic carbocycles. The summed E-state index contributed by atoms with van der Waals surface area (Å²) in [7, 11) is 1.67. The number of hydrogen-bond donors (Lipinski definition) is 1. The van der Waals surface area contributed by atoms with Crippen molar-refractivity contribution >= 4 is 0 Å². The van der Waals surface area contributed by atoms with Crippen molar-refractivity contribution in [1.29, 1.82) is 0 Å². The normalized spacial score (nSPS) is 12.6. The van der Waals surface area contributed by atoms with Crippen molar-refractivity contribution < 1.29 is 4.74 Å². The van der Waals surface area contributed by atoms with Crippen LogP contribution < -0.4 is 5.73 Å². The minimum Gasteiger partial charge on any atom is -0.383 e. The van der Waals surface area contributed by atoms with Gasteiger partial charge < -0.3 is 15.0 Å². The lowest BCUT2D eigenvalue weighted by atomic mass is 10.1.